The van der Waals surface area contributed by atoms with Gasteiger partial charge in [0.25, 0.3) is 0 Å². The molecule has 1 atom stereocenters. The lowest BCUT2D eigenvalue weighted by molar-refractivity contribution is 0.0994. The van der Waals surface area contributed by atoms with Crippen molar-refractivity contribution in [3.63, 3.8) is 0 Å². The monoisotopic (exact) mass is 264 g/mol. The number of hydrogen-bond donors (Lipinski definition) is 1. The van der Waals surface area contributed by atoms with Gasteiger partial charge in [0, 0.05) is 17.2 Å². The number of aliphatic hydroxyl groups is 1. The number of aliphatic hydroxyl groups excluding tert-OH is 1. The van der Waals surface area contributed by atoms with E-state index in [0.29, 0.717) is 17.9 Å². The summed E-state index contributed by atoms with van der Waals surface area (Å²) in [5, 5.41) is 10.0. The van der Waals surface area contributed by atoms with Crippen LogP contribution in [0.1, 0.15) is 23.9 Å². The summed E-state index contributed by atoms with van der Waals surface area (Å²) in [6.45, 7) is 2.17. The van der Waals surface area contributed by atoms with Crippen molar-refractivity contribution in [2.75, 3.05) is 12.4 Å². The van der Waals surface area contributed by atoms with Crippen LogP contribution in [0.25, 0.3) is 11.0 Å². The molecular formula is C14H16O3S. The molecule has 0 saturated carbocycles. The highest BCUT2D eigenvalue weighted by atomic mass is 32.2. The minimum absolute atomic E-state index is 0.000916. The molecule has 1 N–H and O–H groups in total. The highest BCUT2D eigenvalue weighted by Crippen LogP contribution is 2.21. The standard InChI is InChI=1S/C14H16O3S/c1-10(6-7-15)18-9-12(16)14-8-11-4-2-3-5-13(11)17-14/h2-5,8,10,15H,6-7,9H2,1H3. The number of para-hydroxylation sites is 1. The number of furan rings is 1. The SMILES string of the molecule is CC(CCO)SCC(=O)c1cc2ccccc2o1. The lowest BCUT2D eigenvalue weighted by Gasteiger charge is -2.07. The molecule has 0 bridgehead atoms. The predicted octanol–water partition coefficient (Wildman–Crippen LogP) is 3.12. The summed E-state index contributed by atoms with van der Waals surface area (Å²) in [5.41, 5.74) is 0.745. The zero-order valence-corrected chi connectivity index (χ0v) is 11.1. The molecule has 2 aromatic rings. The van der Waals surface area contributed by atoms with Crippen molar-refractivity contribution >= 4 is 28.5 Å². The van der Waals surface area contributed by atoms with Crippen LogP contribution in [0.2, 0.25) is 0 Å². The first-order chi connectivity index (χ1) is 8.70. The van der Waals surface area contributed by atoms with E-state index in [1.807, 2.05) is 31.2 Å². The van der Waals surface area contributed by atoms with Crippen molar-refractivity contribution < 1.29 is 14.3 Å². The topological polar surface area (TPSA) is 50.4 Å². The van der Waals surface area contributed by atoms with Crippen LogP contribution < -0.4 is 0 Å². The van der Waals surface area contributed by atoms with Crippen LogP contribution in [-0.2, 0) is 0 Å². The van der Waals surface area contributed by atoms with Crippen molar-refractivity contribution in [2.45, 2.75) is 18.6 Å². The van der Waals surface area contributed by atoms with Crippen molar-refractivity contribution in [3.8, 4) is 0 Å². The number of carbonyl (C=O) groups excluding carboxylic acids is 1. The maximum atomic E-state index is 11.9. The molecule has 0 fully saturated rings. The molecule has 4 heteroatoms. The molecule has 0 aliphatic heterocycles. The second kappa shape index (κ2) is 6.07. The van der Waals surface area contributed by atoms with Gasteiger partial charge in [-0.05, 0) is 18.6 Å². The third kappa shape index (κ3) is 3.15. The van der Waals surface area contributed by atoms with Gasteiger partial charge in [-0.25, -0.2) is 0 Å². The van der Waals surface area contributed by atoms with Gasteiger partial charge in [0.05, 0.1) is 5.75 Å². The van der Waals surface area contributed by atoms with E-state index in [-0.39, 0.29) is 17.6 Å². The van der Waals surface area contributed by atoms with E-state index in [4.69, 9.17) is 9.52 Å². The number of Topliss-reactive ketones (excluding diaryl/α,β-unsaturated/α-hetero) is 1. The minimum Gasteiger partial charge on any atom is -0.453 e. The van der Waals surface area contributed by atoms with Crippen LogP contribution in [0.5, 0.6) is 0 Å². The zero-order chi connectivity index (χ0) is 13.0. The second-order valence-corrected chi connectivity index (χ2v) is 5.63. The maximum Gasteiger partial charge on any atom is 0.207 e. The van der Waals surface area contributed by atoms with Crippen molar-refractivity contribution in [1.82, 2.24) is 0 Å². The zero-order valence-electron chi connectivity index (χ0n) is 10.3. The summed E-state index contributed by atoms with van der Waals surface area (Å²) < 4.78 is 5.51. The lowest BCUT2D eigenvalue weighted by Crippen LogP contribution is -2.07. The van der Waals surface area contributed by atoms with Gasteiger partial charge in [0.15, 0.2) is 5.76 Å². The Bertz CT molecular complexity index is 500. The molecule has 18 heavy (non-hydrogen) atoms. The van der Waals surface area contributed by atoms with Gasteiger partial charge in [-0.2, -0.15) is 11.8 Å². The van der Waals surface area contributed by atoms with Crippen LogP contribution in [-0.4, -0.2) is 28.5 Å². The van der Waals surface area contributed by atoms with Crippen LogP contribution in [0.15, 0.2) is 34.7 Å². The van der Waals surface area contributed by atoms with Crippen molar-refractivity contribution in [2.24, 2.45) is 0 Å². The first-order valence-electron chi connectivity index (χ1n) is 5.95. The normalized spacial score (nSPS) is 12.8. The minimum atomic E-state index is 0.000916. The Morgan fingerprint density at radius 2 is 2.22 bits per heavy atom. The molecule has 96 valence electrons. The summed E-state index contributed by atoms with van der Waals surface area (Å²) in [6, 6.07) is 9.38. The molecule has 0 radical (unpaired) electrons. The number of thioether (sulfide) groups is 1. The Morgan fingerprint density at radius 3 is 2.94 bits per heavy atom. The Morgan fingerprint density at radius 1 is 1.44 bits per heavy atom. The van der Waals surface area contributed by atoms with Gasteiger partial charge in [-0.1, -0.05) is 25.1 Å². The highest BCUT2D eigenvalue weighted by molar-refractivity contribution is 8.00. The molecule has 0 aliphatic rings. The molecule has 1 aromatic carbocycles. The molecule has 3 nitrogen and oxygen atoms in total. The van der Waals surface area contributed by atoms with Gasteiger partial charge in [-0.3, -0.25) is 4.79 Å². The number of hydrogen-bond acceptors (Lipinski definition) is 4. The maximum absolute atomic E-state index is 11.9. The summed E-state index contributed by atoms with van der Waals surface area (Å²) >= 11 is 1.54. The molecule has 1 unspecified atom stereocenters. The third-order valence-electron chi connectivity index (χ3n) is 2.73. The van der Waals surface area contributed by atoms with E-state index in [1.54, 1.807) is 17.8 Å². The average Bonchev–Trinajstić information content (AvgIpc) is 2.80. The van der Waals surface area contributed by atoms with Crippen LogP contribution in [0.4, 0.5) is 0 Å². The molecule has 0 aliphatic carbocycles. The van der Waals surface area contributed by atoms with E-state index in [0.717, 1.165) is 11.0 Å². The molecular weight excluding hydrogens is 248 g/mol. The number of carbonyl (C=O) groups is 1. The molecule has 2 rings (SSSR count). The van der Waals surface area contributed by atoms with Crippen molar-refractivity contribution in [3.05, 3.63) is 36.1 Å². The summed E-state index contributed by atoms with van der Waals surface area (Å²) in [4.78, 5) is 11.9. The Balaban J connectivity index is 2.00. The average molecular weight is 264 g/mol. The second-order valence-electron chi connectivity index (χ2n) is 4.21. The highest BCUT2D eigenvalue weighted by Gasteiger charge is 2.13. The van der Waals surface area contributed by atoms with E-state index < -0.39 is 0 Å². The van der Waals surface area contributed by atoms with Gasteiger partial charge in [-0.15, -0.1) is 0 Å². The fourth-order valence-corrected chi connectivity index (χ4v) is 2.52. The fourth-order valence-electron chi connectivity index (χ4n) is 1.67. The first kappa shape index (κ1) is 13.2. The van der Waals surface area contributed by atoms with Crippen LogP contribution in [0.3, 0.4) is 0 Å². The van der Waals surface area contributed by atoms with Crippen LogP contribution in [0, 0.1) is 0 Å². The number of benzene rings is 1. The Kier molecular flexibility index (Phi) is 4.44. The Hall–Kier alpha value is -1.26. The molecule has 0 amide bonds. The van der Waals surface area contributed by atoms with E-state index in [1.165, 1.54) is 0 Å². The molecule has 1 heterocycles. The smallest absolute Gasteiger partial charge is 0.207 e. The quantitative estimate of drug-likeness (QED) is 0.814. The number of ketones is 1. The van der Waals surface area contributed by atoms with E-state index in [2.05, 4.69) is 0 Å². The number of fused-ring (bicyclic) bond motifs is 1. The largest absolute Gasteiger partial charge is 0.453 e. The van der Waals surface area contributed by atoms with Gasteiger partial charge >= 0.3 is 0 Å². The molecule has 0 saturated heterocycles. The summed E-state index contributed by atoms with van der Waals surface area (Å²) in [6.07, 6.45) is 0.706. The number of rotatable bonds is 6. The van der Waals surface area contributed by atoms with E-state index in [9.17, 15) is 4.79 Å². The third-order valence-corrected chi connectivity index (χ3v) is 3.97. The van der Waals surface area contributed by atoms with Gasteiger partial charge < -0.3 is 9.52 Å². The molecule has 1 aromatic heterocycles. The van der Waals surface area contributed by atoms with Crippen LogP contribution >= 0.6 is 11.8 Å². The summed E-state index contributed by atoms with van der Waals surface area (Å²) in [5.74, 6) is 0.807. The lowest BCUT2D eigenvalue weighted by atomic mass is 10.2. The summed E-state index contributed by atoms with van der Waals surface area (Å²) in [7, 11) is 0. The first-order valence-corrected chi connectivity index (χ1v) is 7.00. The predicted molar refractivity (Wildman–Crippen MR) is 74.2 cm³/mol. The Labute approximate surface area is 110 Å². The fraction of sp³-hybridized carbons (Fsp3) is 0.357. The molecule has 0 spiro atoms. The van der Waals surface area contributed by atoms with Gasteiger partial charge in [0.2, 0.25) is 5.78 Å². The van der Waals surface area contributed by atoms with Crippen molar-refractivity contribution in [1.29, 1.82) is 0 Å². The van der Waals surface area contributed by atoms with Gasteiger partial charge in [0.1, 0.15) is 5.58 Å². The van der Waals surface area contributed by atoms with E-state index >= 15 is 0 Å².